The zero-order chi connectivity index (χ0) is 21.3. The number of benzene rings is 1. The summed E-state index contributed by atoms with van der Waals surface area (Å²) in [4.78, 5) is 17.7. The Balaban J connectivity index is 1.37. The molecule has 0 bridgehead atoms. The normalized spacial score (nSPS) is 16.5. The highest BCUT2D eigenvalue weighted by Crippen LogP contribution is 2.15. The topological polar surface area (TPSA) is 65.8 Å². The molecule has 0 aliphatic carbocycles. The van der Waals surface area contributed by atoms with E-state index in [2.05, 4.69) is 22.0 Å². The van der Waals surface area contributed by atoms with Crippen LogP contribution in [0.2, 0.25) is 0 Å². The average molecular weight is 436 g/mol. The first-order chi connectivity index (χ1) is 14.5. The van der Waals surface area contributed by atoms with Gasteiger partial charge in [-0.15, -0.1) is 0 Å². The smallest absolute Gasteiger partial charge is 0.286 e. The van der Waals surface area contributed by atoms with Crippen molar-refractivity contribution < 1.29 is 17.8 Å². The van der Waals surface area contributed by atoms with Gasteiger partial charge in [0.05, 0.1) is 16.6 Å². The van der Waals surface area contributed by atoms with Crippen LogP contribution in [0, 0.1) is 5.82 Å². The number of hydrogen-bond donors (Lipinski definition) is 1. The molecule has 1 amide bonds. The molecule has 1 aliphatic rings. The Bertz CT molecular complexity index is 832. The molecule has 1 atom stereocenters. The zero-order valence-electron chi connectivity index (χ0n) is 17.4. The van der Waals surface area contributed by atoms with Crippen molar-refractivity contribution in [2.75, 3.05) is 45.8 Å². The predicted molar refractivity (Wildman–Crippen MR) is 115 cm³/mol. The molecule has 2 aromatic rings. The Hall–Kier alpha value is -2.03. The van der Waals surface area contributed by atoms with Gasteiger partial charge in [-0.1, -0.05) is 6.92 Å². The van der Waals surface area contributed by atoms with E-state index in [4.69, 9.17) is 4.42 Å². The van der Waals surface area contributed by atoms with Crippen LogP contribution in [0.15, 0.2) is 45.7 Å². The van der Waals surface area contributed by atoms with Crippen LogP contribution in [-0.4, -0.2) is 65.7 Å². The standard InChI is InChI=1S/C22H30FN3O3S/c1-2-11-25-13-15-26(16-14-25)12-3-10-24-22(27)21-9-6-19(29-21)17-30(28)20-7-4-18(23)5-8-20/h4-9H,2-3,10-17H2,1H3,(H,24,27). The highest BCUT2D eigenvalue weighted by atomic mass is 32.2. The fraction of sp³-hybridized carbons (Fsp3) is 0.500. The van der Waals surface area contributed by atoms with Crippen molar-refractivity contribution in [3.8, 4) is 0 Å². The number of nitrogens with zero attached hydrogens (tertiary/aromatic N) is 2. The Kier molecular flexibility index (Phi) is 8.60. The van der Waals surface area contributed by atoms with Crippen LogP contribution in [0.3, 0.4) is 0 Å². The van der Waals surface area contributed by atoms with Gasteiger partial charge in [0, 0.05) is 37.6 Å². The number of rotatable bonds is 10. The maximum atomic E-state index is 13.0. The quantitative estimate of drug-likeness (QED) is 0.582. The molecule has 2 heterocycles. The third-order valence-corrected chi connectivity index (χ3v) is 6.52. The second-order valence-electron chi connectivity index (χ2n) is 7.50. The van der Waals surface area contributed by atoms with E-state index in [1.165, 1.54) is 37.2 Å². The number of carbonyl (C=O) groups is 1. The minimum absolute atomic E-state index is 0.142. The molecule has 6 nitrogen and oxygen atoms in total. The molecule has 30 heavy (non-hydrogen) atoms. The summed E-state index contributed by atoms with van der Waals surface area (Å²) in [6.07, 6.45) is 2.09. The molecule has 164 valence electrons. The summed E-state index contributed by atoms with van der Waals surface area (Å²) in [7, 11) is -1.36. The van der Waals surface area contributed by atoms with Crippen LogP contribution in [0.25, 0.3) is 0 Å². The third kappa shape index (κ3) is 6.75. The lowest BCUT2D eigenvalue weighted by Gasteiger charge is -2.34. The minimum atomic E-state index is -1.36. The molecule has 1 aliphatic heterocycles. The lowest BCUT2D eigenvalue weighted by molar-refractivity contribution is 0.0919. The van der Waals surface area contributed by atoms with Gasteiger partial charge < -0.3 is 19.5 Å². The van der Waals surface area contributed by atoms with Crippen LogP contribution >= 0.6 is 0 Å². The van der Waals surface area contributed by atoms with Gasteiger partial charge in [0.2, 0.25) is 0 Å². The van der Waals surface area contributed by atoms with E-state index in [0.29, 0.717) is 17.2 Å². The second kappa shape index (κ2) is 11.4. The van der Waals surface area contributed by atoms with Crippen LogP contribution in [0.5, 0.6) is 0 Å². The minimum Gasteiger partial charge on any atom is -0.455 e. The summed E-state index contributed by atoms with van der Waals surface area (Å²) in [5.74, 6) is 0.193. The summed E-state index contributed by atoms with van der Waals surface area (Å²) < 4.78 is 30.9. The Morgan fingerprint density at radius 2 is 1.73 bits per heavy atom. The van der Waals surface area contributed by atoms with E-state index in [1.807, 2.05) is 0 Å². The van der Waals surface area contributed by atoms with Gasteiger partial charge in [-0.25, -0.2) is 4.39 Å². The number of piperazine rings is 1. The molecular formula is C22H30FN3O3S. The van der Waals surface area contributed by atoms with E-state index >= 15 is 0 Å². The van der Waals surface area contributed by atoms with Crippen LogP contribution < -0.4 is 5.32 Å². The molecule has 1 fully saturated rings. The SMILES string of the molecule is CCCN1CCN(CCCNC(=O)c2ccc(CS(=O)c3ccc(F)cc3)o2)CC1. The molecule has 1 unspecified atom stereocenters. The Labute approximate surface area is 179 Å². The third-order valence-electron chi connectivity index (χ3n) is 5.18. The predicted octanol–water partition coefficient (Wildman–Crippen LogP) is 2.87. The van der Waals surface area contributed by atoms with Crippen molar-refractivity contribution in [3.05, 3.63) is 53.7 Å². The number of halogens is 1. The Morgan fingerprint density at radius 3 is 2.40 bits per heavy atom. The lowest BCUT2D eigenvalue weighted by atomic mass is 10.2. The number of nitrogens with one attached hydrogen (secondary N) is 1. The number of hydrogen-bond acceptors (Lipinski definition) is 5. The van der Waals surface area contributed by atoms with Crippen LogP contribution in [0.4, 0.5) is 4.39 Å². The van der Waals surface area contributed by atoms with Gasteiger partial charge in [0.25, 0.3) is 5.91 Å². The summed E-state index contributed by atoms with van der Waals surface area (Å²) in [5, 5.41) is 2.88. The monoisotopic (exact) mass is 435 g/mol. The van der Waals surface area contributed by atoms with Crippen molar-refractivity contribution in [1.29, 1.82) is 0 Å². The molecule has 3 rings (SSSR count). The summed E-state index contributed by atoms with van der Waals surface area (Å²) in [5.41, 5.74) is 0. The van der Waals surface area contributed by atoms with E-state index < -0.39 is 10.8 Å². The molecule has 0 radical (unpaired) electrons. The molecule has 1 saturated heterocycles. The van der Waals surface area contributed by atoms with Crippen molar-refractivity contribution in [1.82, 2.24) is 15.1 Å². The molecule has 0 saturated carbocycles. The molecular weight excluding hydrogens is 405 g/mol. The van der Waals surface area contributed by atoms with Crippen molar-refractivity contribution in [3.63, 3.8) is 0 Å². The highest BCUT2D eigenvalue weighted by Gasteiger charge is 2.16. The first-order valence-electron chi connectivity index (χ1n) is 10.5. The van der Waals surface area contributed by atoms with Gasteiger partial charge in [-0.3, -0.25) is 9.00 Å². The van der Waals surface area contributed by atoms with E-state index in [0.717, 1.165) is 39.1 Å². The highest BCUT2D eigenvalue weighted by molar-refractivity contribution is 7.84. The van der Waals surface area contributed by atoms with Gasteiger partial charge in [0.1, 0.15) is 11.6 Å². The van der Waals surface area contributed by atoms with Gasteiger partial charge in [-0.05, 0) is 62.3 Å². The molecule has 8 heteroatoms. The Morgan fingerprint density at radius 1 is 1.07 bits per heavy atom. The van der Waals surface area contributed by atoms with Gasteiger partial charge >= 0.3 is 0 Å². The van der Waals surface area contributed by atoms with Crippen molar-refractivity contribution >= 4 is 16.7 Å². The summed E-state index contributed by atoms with van der Waals surface area (Å²) in [6.45, 7) is 9.35. The van der Waals surface area contributed by atoms with Crippen molar-refractivity contribution in [2.45, 2.75) is 30.4 Å². The molecule has 1 aromatic carbocycles. The first kappa shape index (κ1) is 22.7. The second-order valence-corrected chi connectivity index (χ2v) is 8.95. The fourth-order valence-corrected chi connectivity index (χ4v) is 4.54. The van der Waals surface area contributed by atoms with Gasteiger partial charge in [0.15, 0.2) is 5.76 Å². The lowest BCUT2D eigenvalue weighted by Crippen LogP contribution is -2.47. The fourth-order valence-electron chi connectivity index (χ4n) is 3.52. The van der Waals surface area contributed by atoms with E-state index in [9.17, 15) is 13.4 Å². The first-order valence-corrected chi connectivity index (χ1v) is 11.8. The van der Waals surface area contributed by atoms with Gasteiger partial charge in [-0.2, -0.15) is 0 Å². The summed E-state index contributed by atoms with van der Waals surface area (Å²) in [6, 6.07) is 8.79. The van der Waals surface area contributed by atoms with Crippen LogP contribution in [-0.2, 0) is 16.6 Å². The van der Waals surface area contributed by atoms with Crippen LogP contribution in [0.1, 0.15) is 36.1 Å². The largest absolute Gasteiger partial charge is 0.455 e. The maximum absolute atomic E-state index is 13.0. The molecule has 1 aromatic heterocycles. The number of amides is 1. The molecule has 1 N–H and O–H groups in total. The van der Waals surface area contributed by atoms with E-state index in [1.54, 1.807) is 12.1 Å². The maximum Gasteiger partial charge on any atom is 0.286 e. The number of furan rings is 1. The average Bonchev–Trinajstić information content (AvgIpc) is 3.21. The van der Waals surface area contributed by atoms with E-state index in [-0.39, 0.29) is 23.2 Å². The summed E-state index contributed by atoms with van der Waals surface area (Å²) >= 11 is 0. The number of carbonyl (C=O) groups excluding carboxylic acids is 1. The molecule has 0 spiro atoms. The zero-order valence-corrected chi connectivity index (χ0v) is 18.3. The van der Waals surface area contributed by atoms with Crippen molar-refractivity contribution in [2.24, 2.45) is 0 Å².